The number of hydrogen-bond acceptors (Lipinski definition) is 3. The summed E-state index contributed by atoms with van der Waals surface area (Å²) < 4.78 is 45.5. The lowest BCUT2D eigenvalue weighted by molar-refractivity contribution is -0.137. The maximum absolute atomic E-state index is 13.5. The quantitative estimate of drug-likeness (QED) is 0.760. The van der Waals surface area contributed by atoms with E-state index in [9.17, 15) is 18.0 Å². The van der Waals surface area contributed by atoms with Gasteiger partial charge in [-0.25, -0.2) is 0 Å². The molecular formula is C23H25F3N2O2. The number of anilines is 2. The smallest absolute Gasteiger partial charge is 0.378 e. The number of alkyl halides is 3. The molecule has 0 spiro atoms. The molecule has 1 aliphatic heterocycles. The van der Waals surface area contributed by atoms with Crippen LogP contribution in [0.5, 0.6) is 0 Å². The standard InChI is InChI=1S/C23H25F3N2O2/c24-23(25,26)18-8-9-20(28-12-14-30-15-13-28)19(16-18)27-21(29)22(10-4-5-11-22)17-6-2-1-3-7-17/h1-3,6-9,16H,4-5,10-15H2,(H,27,29). The maximum Gasteiger partial charge on any atom is 0.416 e. The fraction of sp³-hybridized carbons (Fsp3) is 0.435. The molecular weight excluding hydrogens is 393 g/mol. The van der Waals surface area contributed by atoms with Gasteiger partial charge in [0.2, 0.25) is 5.91 Å². The number of carbonyl (C=O) groups excluding carboxylic acids is 1. The number of nitrogens with zero attached hydrogens (tertiary/aromatic N) is 1. The number of benzene rings is 2. The van der Waals surface area contributed by atoms with Crippen molar-refractivity contribution in [1.29, 1.82) is 0 Å². The molecule has 2 fully saturated rings. The van der Waals surface area contributed by atoms with Crippen molar-refractivity contribution in [3.05, 3.63) is 59.7 Å². The van der Waals surface area contributed by atoms with Crippen molar-refractivity contribution in [2.75, 3.05) is 36.5 Å². The predicted octanol–water partition coefficient (Wildman–Crippen LogP) is 4.99. The van der Waals surface area contributed by atoms with Crippen LogP contribution in [-0.4, -0.2) is 32.2 Å². The van der Waals surface area contributed by atoms with Gasteiger partial charge in [-0.2, -0.15) is 13.2 Å². The molecule has 1 N–H and O–H groups in total. The Bertz CT molecular complexity index is 887. The number of halogens is 3. The molecule has 1 amide bonds. The van der Waals surface area contributed by atoms with Gasteiger partial charge in [-0.15, -0.1) is 0 Å². The molecule has 1 saturated carbocycles. The van der Waals surface area contributed by atoms with E-state index in [1.54, 1.807) is 0 Å². The molecule has 0 bridgehead atoms. The Kier molecular flexibility index (Phi) is 5.73. The molecule has 1 heterocycles. The van der Waals surface area contributed by atoms with E-state index in [1.807, 2.05) is 35.2 Å². The minimum absolute atomic E-state index is 0.207. The summed E-state index contributed by atoms with van der Waals surface area (Å²) >= 11 is 0. The molecule has 4 rings (SSSR count). The average Bonchev–Trinajstić information content (AvgIpc) is 3.26. The van der Waals surface area contributed by atoms with Crippen molar-refractivity contribution in [2.45, 2.75) is 37.3 Å². The Morgan fingerprint density at radius 3 is 2.30 bits per heavy atom. The zero-order valence-electron chi connectivity index (χ0n) is 16.7. The van der Waals surface area contributed by atoms with Gasteiger partial charge >= 0.3 is 6.18 Å². The molecule has 1 aliphatic carbocycles. The van der Waals surface area contributed by atoms with E-state index in [0.717, 1.165) is 30.5 Å². The number of ether oxygens (including phenoxy) is 1. The summed E-state index contributed by atoms with van der Waals surface area (Å²) in [4.78, 5) is 15.5. The largest absolute Gasteiger partial charge is 0.416 e. The molecule has 0 radical (unpaired) electrons. The minimum Gasteiger partial charge on any atom is -0.378 e. The van der Waals surface area contributed by atoms with Crippen LogP contribution in [0.3, 0.4) is 0 Å². The van der Waals surface area contributed by atoms with E-state index in [-0.39, 0.29) is 11.6 Å². The number of morpholine rings is 1. The first-order valence-electron chi connectivity index (χ1n) is 10.3. The fourth-order valence-electron chi connectivity index (χ4n) is 4.52. The van der Waals surface area contributed by atoms with Crippen molar-refractivity contribution in [1.82, 2.24) is 0 Å². The lowest BCUT2D eigenvalue weighted by Crippen LogP contribution is -2.40. The fourth-order valence-corrected chi connectivity index (χ4v) is 4.52. The van der Waals surface area contributed by atoms with Gasteiger partial charge in [-0.05, 0) is 36.6 Å². The van der Waals surface area contributed by atoms with Crippen LogP contribution >= 0.6 is 0 Å². The lowest BCUT2D eigenvalue weighted by atomic mass is 9.78. The second kappa shape index (κ2) is 8.30. The zero-order valence-corrected chi connectivity index (χ0v) is 16.7. The molecule has 30 heavy (non-hydrogen) atoms. The summed E-state index contributed by atoms with van der Waals surface area (Å²) in [5.74, 6) is -0.236. The summed E-state index contributed by atoms with van der Waals surface area (Å²) in [6.45, 7) is 2.14. The molecule has 0 aromatic heterocycles. The molecule has 0 unspecified atom stereocenters. The average molecular weight is 418 g/mol. The first kappa shape index (κ1) is 20.7. The molecule has 2 aromatic carbocycles. The molecule has 2 aromatic rings. The molecule has 1 saturated heterocycles. The van der Waals surface area contributed by atoms with Gasteiger partial charge in [0.15, 0.2) is 0 Å². The van der Waals surface area contributed by atoms with E-state index in [2.05, 4.69) is 5.32 Å². The van der Waals surface area contributed by atoms with Crippen molar-refractivity contribution in [2.24, 2.45) is 0 Å². The maximum atomic E-state index is 13.5. The molecule has 7 heteroatoms. The summed E-state index contributed by atoms with van der Waals surface area (Å²) in [5.41, 5.74) is 0.243. The van der Waals surface area contributed by atoms with Gasteiger partial charge in [-0.3, -0.25) is 4.79 Å². The van der Waals surface area contributed by atoms with Crippen molar-refractivity contribution in [3.8, 4) is 0 Å². The van der Waals surface area contributed by atoms with Gasteiger partial charge in [-0.1, -0.05) is 43.2 Å². The van der Waals surface area contributed by atoms with Crippen molar-refractivity contribution >= 4 is 17.3 Å². The van der Waals surface area contributed by atoms with Crippen LogP contribution in [0.4, 0.5) is 24.5 Å². The normalized spacial score (nSPS) is 19.0. The Morgan fingerprint density at radius 1 is 1.00 bits per heavy atom. The predicted molar refractivity (Wildman–Crippen MR) is 110 cm³/mol. The van der Waals surface area contributed by atoms with Crippen LogP contribution in [0.1, 0.15) is 36.8 Å². The number of amides is 1. The summed E-state index contributed by atoms with van der Waals surface area (Å²) in [6, 6.07) is 13.1. The number of nitrogens with one attached hydrogen (secondary N) is 1. The van der Waals surface area contributed by atoms with Crippen LogP contribution in [0, 0.1) is 0 Å². The highest BCUT2D eigenvalue weighted by atomic mass is 19.4. The summed E-state index contributed by atoms with van der Waals surface area (Å²) in [7, 11) is 0. The Balaban J connectivity index is 1.70. The number of hydrogen-bond donors (Lipinski definition) is 1. The third-order valence-corrected chi connectivity index (χ3v) is 6.14. The summed E-state index contributed by atoms with van der Waals surface area (Å²) in [5, 5.41) is 2.88. The number of rotatable bonds is 4. The Labute approximate surface area is 174 Å². The van der Waals surface area contributed by atoms with Gasteiger partial charge < -0.3 is 15.0 Å². The first-order chi connectivity index (χ1) is 14.4. The van der Waals surface area contributed by atoms with Gasteiger partial charge in [0.25, 0.3) is 0 Å². The van der Waals surface area contributed by atoms with Crippen LogP contribution in [-0.2, 0) is 21.1 Å². The monoisotopic (exact) mass is 418 g/mol. The van der Waals surface area contributed by atoms with E-state index in [4.69, 9.17) is 4.74 Å². The Morgan fingerprint density at radius 2 is 1.67 bits per heavy atom. The van der Waals surface area contributed by atoms with Crippen LogP contribution in [0.2, 0.25) is 0 Å². The van der Waals surface area contributed by atoms with Crippen LogP contribution in [0.15, 0.2) is 48.5 Å². The zero-order chi connectivity index (χ0) is 21.2. The number of carbonyl (C=O) groups is 1. The van der Waals surface area contributed by atoms with Gasteiger partial charge in [0.05, 0.1) is 35.6 Å². The van der Waals surface area contributed by atoms with Gasteiger partial charge in [0.1, 0.15) is 0 Å². The van der Waals surface area contributed by atoms with E-state index >= 15 is 0 Å². The third kappa shape index (κ3) is 4.03. The second-order valence-electron chi connectivity index (χ2n) is 7.94. The molecule has 0 atom stereocenters. The molecule has 2 aliphatic rings. The van der Waals surface area contributed by atoms with Crippen LogP contribution in [0.25, 0.3) is 0 Å². The van der Waals surface area contributed by atoms with Gasteiger partial charge in [0, 0.05) is 13.1 Å². The molecule has 4 nitrogen and oxygen atoms in total. The highest BCUT2D eigenvalue weighted by Gasteiger charge is 2.43. The van der Waals surface area contributed by atoms with Crippen molar-refractivity contribution in [3.63, 3.8) is 0 Å². The highest BCUT2D eigenvalue weighted by Crippen LogP contribution is 2.43. The van der Waals surface area contributed by atoms with Crippen LogP contribution < -0.4 is 10.2 Å². The molecule has 160 valence electrons. The lowest BCUT2D eigenvalue weighted by Gasteiger charge is -2.33. The highest BCUT2D eigenvalue weighted by molar-refractivity contribution is 6.01. The Hall–Kier alpha value is -2.54. The SMILES string of the molecule is O=C(Nc1cc(C(F)(F)F)ccc1N1CCOCC1)C1(c2ccccc2)CCCC1. The first-order valence-corrected chi connectivity index (χ1v) is 10.3. The minimum atomic E-state index is -4.48. The second-order valence-corrected chi connectivity index (χ2v) is 7.94. The topological polar surface area (TPSA) is 41.6 Å². The van der Waals surface area contributed by atoms with E-state index < -0.39 is 17.2 Å². The summed E-state index contributed by atoms with van der Waals surface area (Å²) in [6.07, 6.45) is -1.26. The van der Waals surface area contributed by atoms with E-state index in [0.29, 0.717) is 44.8 Å². The third-order valence-electron chi connectivity index (χ3n) is 6.14. The van der Waals surface area contributed by atoms with E-state index in [1.165, 1.54) is 6.07 Å². The van der Waals surface area contributed by atoms with Crippen molar-refractivity contribution < 1.29 is 22.7 Å².